The zero-order chi connectivity index (χ0) is 13.0. The fraction of sp³-hybridized carbons (Fsp3) is 0.286. The minimum absolute atomic E-state index is 0.0120. The molecule has 0 aliphatic rings. The van der Waals surface area contributed by atoms with Crippen molar-refractivity contribution in [2.24, 2.45) is 5.73 Å². The first kappa shape index (κ1) is 12.5. The molecule has 1 aromatic carbocycles. The van der Waals surface area contributed by atoms with Gasteiger partial charge in [-0.3, -0.25) is 9.78 Å². The monoisotopic (exact) mass is 244 g/mol. The Hall–Kier alpha value is -1.94. The molecular formula is C14H16N2O2. The highest BCUT2D eigenvalue weighted by Crippen LogP contribution is 2.22. The van der Waals surface area contributed by atoms with Crippen molar-refractivity contribution in [3.05, 3.63) is 42.1 Å². The topological polar surface area (TPSA) is 65.2 Å². The van der Waals surface area contributed by atoms with E-state index in [0.717, 1.165) is 16.5 Å². The van der Waals surface area contributed by atoms with Crippen molar-refractivity contribution in [2.75, 3.05) is 13.7 Å². The minimum atomic E-state index is -0.239. The maximum atomic E-state index is 11.3. The second-order valence-corrected chi connectivity index (χ2v) is 4.17. The van der Waals surface area contributed by atoms with Gasteiger partial charge in [0.05, 0.1) is 19.0 Å². The van der Waals surface area contributed by atoms with E-state index in [4.69, 9.17) is 5.73 Å². The molecule has 18 heavy (non-hydrogen) atoms. The predicted octanol–water partition coefficient (Wildman–Crippen LogP) is 1.84. The van der Waals surface area contributed by atoms with Gasteiger partial charge >= 0.3 is 5.97 Å². The number of nitrogens with two attached hydrogens (primary N) is 1. The van der Waals surface area contributed by atoms with Crippen molar-refractivity contribution in [3.8, 4) is 0 Å². The Labute approximate surface area is 106 Å². The van der Waals surface area contributed by atoms with Gasteiger partial charge in [-0.2, -0.15) is 0 Å². The number of pyridine rings is 1. The number of carbonyl (C=O) groups is 1. The van der Waals surface area contributed by atoms with Crippen LogP contribution in [0.3, 0.4) is 0 Å². The number of methoxy groups -OCH3 is 1. The lowest BCUT2D eigenvalue weighted by Gasteiger charge is -2.14. The largest absolute Gasteiger partial charge is 0.469 e. The van der Waals surface area contributed by atoms with E-state index in [2.05, 4.69) is 9.72 Å². The van der Waals surface area contributed by atoms with E-state index in [1.165, 1.54) is 7.11 Å². The molecule has 94 valence electrons. The fourth-order valence-corrected chi connectivity index (χ4v) is 1.97. The number of hydrogen-bond acceptors (Lipinski definition) is 4. The van der Waals surface area contributed by atoms with Crippen LogP contribution in [0.5, 0.6) is 0 Å². The number of rotatable bonds is 4. The number of hydrogen-bond donors (Lipinski definition) is 1. The molecular weight excluding hydrogens is 228 g/mol. The molecule has 0 aliphatic heterocycles. The van der Waals surface area contributed by atoms with Crippen LogP contribution in [0.4, 0.5) is 0 Å². The van der Waals surface area contributed by atoms with E-state index in [-0.39, 0.29) is 11.9 Å². The normalized spacial score (nSPS) is 12.3. The first-order valence-corrected chi connectivity index (χ1v) is 5.86. The molecule has 0 saturated carbocycles. The van der Waals surface area contributed by atoms with E-state index in [9.17, 15) is 4.79 Å². The number of ether oxygens (including phenoxy) is 1. The molecule has 1 heterocycles. The van der Waals surface area contributed by atoms with Crippen molar-refractivity contribution >= 4 is 16.9 Å². The van der Waals surface area contributed by atoms with Crippen molar-refractivity contribution in [1.82, 2.24) is 4.98 Å². The molecule has 1 aromatic heterocycles. The number of fused-ring (bicyclic) bond motifs is 1. The lowest BCUT2D eigenvalue weighted by molar-refractivity contribution is -0.141. The number of aromatic nitrogens is 1. The minimum Gasteiger partial charge on any atom is -0.469 e. The summed E-state index contributed by atoms with van der Waals surface area (Å²) in [4.78, 5) is 15.6. The standard InChI is InChI=1S/C14H16N2O2/c1-18-14(17)8-12(9-15)10-4-5-13-11(7-10)3-2-6-16-13/h2-7,12H,8-9,15H2,1H3. The summed E-state index contributed by atoms with van der Waals surface area (Å²) in [5.41, 5.74) is 7.71. The molecule has 0 amide bonds. The highest BCUT2D eigenvalue weighted by atomic mass is 16.5. The number of benzene rings is 1. The van der Waals surface area contributed by atoms with E-state index < -0.39 is 0 Å². The summed E-state index contributed by atoms with van der Waals surface area (Å²) in [7, 11) is 1.39. The average molecular weight is 244 g/mol. The highest BCUT2D eigenvalue weighted by molar-refractivity contribution is 5.79. The van der Waals surface area contributed by atoms with Crippen LogP contribution in [-0.2, 0) is 9.53 Å². The molecule has 0 radical (unpaired) electrons. The predicted molar refractivity (Wildman–Crippen MR) is 70.2 cm³/mol. The lowest BCUT2D eigenvalue weighted by atomic mass is 9.94. The molecule has 2 rings (SSSR count). The summed E-state index contributed by atoms with van der Waals surface area (Å²) in [6.07, 6.45) is 2.07. The number of nitrogens with zero attached hydrogens (tertiary/aromatic N) is 1. The molecule has 4 nitrogen and oxygen atoms in total. The molecule has 0 aliphatic carbocycles. The molecule has 1 atom stereocenters. The van der Waals surface area contributed by atoms with Crippen molar-refractivity contribution in [1.29, 1.82) is 0 Å². The SMILES string of the molecule is COC(=O)CC(CN)c1ccc2ncccc2c1. The van der Waals surface area contributed by atoms with Gasteiger partial charge in [-0.05, 0) is 30.3 Å². The van der Waals surface area contributed by atoms with Crippen molar-refractivity contribution in [2.45, 2.75) is 12.3 Å². The van der Waals surface area contributed by atoms with Crippen LogP contribution in [0.2, 0.25) is 0 Å². The van der Waals surface area contributed by atoms with Crippen LogP contribution < -0.4 is 5.73 Å². The van der Waals surface area contributed by atoms with Crippen molar-refractivity contribution < 1.29 is 9.53 Å². The maximum absolute atomic E-state index is 11.3. The first-order valence-electron chi connectivity index (χ1n) is 5.86. The molecule has 0 saturated heterocycles. The second-order valence-electron chi connectivity index (χ2n) is 4.17. The summed E-state index contributed by atoms with van der Waals surface area (Å²) in [5, 5.41) is 1.05. The molecule has 0 fully saturated rings. The first-order chi connectivity index (χ1) is 8.74. The molecule has 0 bridgehead atoms. The molecule has 2 aromatic rings. The van der Waals surface area contributed by atoms with Gasteiger partial charge in [0.15, 0.2) is 0 Å². The van der Waals surface area contributed by atoms with Crippen LogP contribution in [0.15, 0.2) is 36.5 Å². The van der Waals surface area contributed by atoms with Gasteiger partial charge in [-0.15, -0.1) is 0 Å². The molecule has 2 N–H and O–H groups in total. The molecule has 1 unspecified atom stereocenters. The lowest BCUT2D eigenvalue weighted by Crippen LogP contribution is -2.17. The van der Waals surface area contributed by atoms with Gasteiger partial charge in [0.1, 0.15) is 0 Å². The van der Waals surface area contributed by atoms with E-state index in [1.54, 1.807) is 6.20 Å². The van der Waals surface area contributed by atoms with Gasteiger partial charge in [0.2, 0.25) is 0 Å². The third-order valence-electron chi connectivity index (χ3n) is 3.02. The maximum Gasteiger partial charge on any atom is 0.306 e. The van der Waals surface area contributed by atoms with Crippen LogP contribution in [-0.4, -0.2) is 24.6 Å². The number of carbonyl (C=O) groups excluding carboxylic acids is 1. The van der Waals surface area contributed by atoms with Crippen molar-refractivity contribution in [3.63, 3.8) is 0 Å². The van der Waals surface area contributed by atoms with Crippen LogP contribution in [0.1, 0.15) is 17.9 Å². The zero-order valence-electron chi connectivity index (χ0n) is 10.3. The Morgan fingerprint density at radius 3 is 3.00 bits per heavy atom. The second kappa shape index (κ2) is 5.60. The van der Waals surface area contributed by atoms with Crippen LogP contribution in [0, 0.1) is 0 Å². The molecule has 0 spiro atoms. The Morgan fingerprint density at radius 1 is 1.44 bits per heavy atom. The van der Waals surface area contributed by atoms with E-state index in [0.29, 0.717) is 13.0 Å². The highest BCUT2D eigenvalue weighted by Gasteiger charge is 2.15. The Balaban J connectivity index is 2.30. The fourth-order valence-electron chi connectivity index (χ4n) is 1.97. The number of esters is 1. The summed E-state index contributed by atoms with van der Waals surface area (Å²) < 4.78 is 4.68. The summed E-state index contributed by atoms with van der Waals surface area (Å²) in [6.45, 7) is 0.418. The third-order valence-corrected chi connectivity index (χ3v) is 3.02. The van der Waals surface area contributed by atoms with Gasteiger partial charge < -0.3 is 10.5 Å². The van der Waals surface area contributed by atoms with Gasteiger partial charge in [0.25, 0.3) is 0 Å². The quantitative estimate of drug-likeness (QED) is 0.833. The Morgan fingerprint density at radius 2 is 2.28 bits per heavy atom. The van der Waals surface area contributed by atoms with Gasteiger partial charge in [-0.1, -0.05) is 12.1 Å². The van der Waals surface area contributed by atoms with E-state index >= 15 is 0 Å². The van der Waals surface area contributed by atoms with E-state index in [1.807, 2.05) is 30.3 Å². The Kier molecular flexibility index (Phi) is 3.89. The smallest absolute Gasteiger partial charge is 0.306 e. The summed E-state index contributed by atoms with van der Waals surface area (Å²) >= 11 is 0. The zero-order valence-corrected chi connectivity index (χ0v) is 10.3. The molecule has 4 heteroatoms. The van der Waals surface area contributed by atoms with Gasteiger partial charge in [-0.25, -0.2) is 0 Å². The average Bonchev–Trinajstić information content (AvgIpc) is 2.44. The van der Waals surface area contributed by atoms with Crippen LogP contribution >= 0.6 is 0 Å². The Bertz CT molecular complexity index is 554. The van der Waals surface area contributed by atoms with Crippen LogP contribution in [0.25, 0.3) is 10.9 Å². The third kappa shape index (κ3) is 2.65. The summed E-state index contributed by atoms with van der Waals surface area (Å²) in [5.74, 6) is -0.251. The van der Waals surface area contributed by atoms with Gasteiger partial charge in [0, 0.05) is 17.5 Å². The summed E-state index contributed by atoms with van der Waals surface area (Å²) in [6, 6.07) is 9.84.